The van der Waals surface area contributed by atoms with Crippen LogP contribution in [0.3, 0.4) is 0 Å². The van der Waals surface area contributed by atoms with Crippen molar-refractivity contribution in [2.45, 2.75) is 6.61 Å². The van der Waals surface area contributed by atoms with Gasteiger partial charge in [0, 0.05) is 6.07 Å². The maximum atomic E-state index is 11.8. The van der Waals surface area contributed by atoms with Crippen molar-refractivity contribution in [1.82, 2.24) is 4.98 Å². The van der Waals surface area contributed by atoms with Gasteiger partial charge in [0.1, 0.15) is 0 Å². The minimum atomic E-state index is -2.98. The number of aromatic nitrogens is 1. The van der Waals surface area contributed by atoms with Crippen LogP contribution in [0.25, 0.3) is 0 Å². The number of ether oxygens (including phenoxy) is 2. The van der Waals surface area contributed by atoms with Gasteiger partial charge < -0.3 is 9.47 Å². The van der Waals surface area contributed by atoms with Crippen molar-refractivity contribution in [3.8, 4) is 5.88 Å². The lowest BCUT2D eigenvalue weighted by molar-refractivity contribution is -0.0530. The molecule has 1 aromatic heterocycles. The van der Waals surface area contributed by atoms with Gasteiger partial charge >= 0.3 is 12.6 Å². The van der Waals surface area contributed by atoms with Crippen LogP contribution in [0.15, 0.2) is 16.6 Å². The Morgan fingerprint density at radius 1 is 1.53 bits per heavy atom. The smallest absolute Gasteiger partial charge is 0.388 e. The highest BCUT2D eigenvalue weighted by Gasteiger charge is 2.15. The summed E-state index contributed by atoms with van der Waals surface area (Å²) in [6.07, 6.45) is 0. The third-order valence-electron chi connectivity index (χ3n) is 1.41. The summed E-state index contributed by atoms with van der Waals surface area (Å²) in [5.74, 6) is -1.07. The number of carbonyl (C=O) groups excluding carboxylic acids is 1. The van der Waals surface area contributed by atoms with Crippen molar-refractivity contribution in [2.75, 3.05) is 7.11 Å². The number of methoxy groups -OCH3 is 1. The van der Waals surface area contributed by atoms with Gasteiger partial charge in [0.15, 0.2) is 5.69 Å². The van der Waals surface area contributed by atoms with Crippen LogP contribution in [0.1, 0.15) is 10.5 Å². The van der Waals surface area contributed by atoms with Crippen LogP contribution in [0, 0.1) is 0 Å². The van der Waals surface area contributed by atoms with E-state index < -0.39 is 12.6 Å². The van der Waals surface area contributed by atoms with Gasteiger partial charge in [0.2, 0.25) is 5.88 Å². The first-order chi connectivity index (χ1) is 7.04. The number of esters is 1. The Hall–Kier alpha value is -1.24. The van der Waals surface area contributed by atoms with Crippen LogP contribution in [-0.2, 0) is 4.74 Å². The number of halogens is 3. The van der Waals surface area contributed by atoms with Crippen molar-refractivity contribution >= 4 is 21.9 Å². The first-order valence-corrected chi connectivity index (χ1v) is 4.53. The molecule has 82 valence electrons. The second-order valence-electron chi connectivity index (χ2n) is 2.35. The highest BCUT2D eigenvalue weighted by molar-refractivity contribution is 9.10. The van der Waals surface area contributed by atoms with Crippen LogP contribution < -0.4 is 4.74 Å². The molecule has 4 nitrogen and oxygen atoms in total. The molecule has 0 aliphatic heterocycles. The first kappa shape index (κ1) is 11.8. The van der Waals surface area contributed by atoms with Gasteiger partial charge in [-0.2, -0.15) is 8.78 Å². The number of alkyl halides is 2. The van der Waals surface area contributed by atoms with E-state index in [2.05, 4.69) is 30.4 Å². The van der Waals surface area contributed by atoms with Gasteiger partial charge in [-0.25, -0.2) is 9.78 Å². The summed E-state index contributed by atoms with van der Waals surface area (Å²) < 4.78 is 32.5. The number of hydrogen-bond donors (Lipinski definition) is 0. The number of rotatable bonds is 3. The van der Waals surface area contributed by atoms with Gasteiger partial charge in [-0.05, 0) is 22.0 Å². The Morgan fingerprint density at radius 2 is 2.20 bits per heavy atom. The van der Waals surface area contributed by atoms with E-state index in [4.69, 9.17) is 0 Å². The first-order valence-electron chi connectivity index (χ1n) is 3.74. The van der Waals surface area contributed by atoms with Gasteiger partial charge in [-0.1, -0.05) is 0 Å². The fourth-order valence-corrected chi connectivity index (χ4v) is 1.20. The number of pyridine rings is 1. The number of hydrogen-bond acceptors (Lipinski definition) is 4. The predicted molar refractivity (Wildman–Crippen MR) is 49.9 cm³/mol. The molecule has 0 amide bonds. The van der Waals surface area contributed by atoms with E-state index in [9.17, 15) is 13.6 Å². The number of nitrogens with zero attached hydrogens (tertiary/aromatic N) is 1. The molecule has 0 atom stereocenters. The zero-order valence-electron chi connectivity index (χ0n) is 7.54. The highest BCUT2D eigenvalue weighted by atomic mass is 79.9. The molecule has 1 heterocycles. The lowest BCUT2D eigenvalue weighted by atomic mass is 10.3. The zero-order chi connectivity index (χ0) is 11.4. The quantitative estimate of drug-likeness (QED) is 0.798. The topological polar surface area (TPSA) is 48.4 Å². The number of carbonyl (C=O) groups is 1. The molecule has 0 N–H and O–H groups in total. The third-order valence-corrected chi connectivity index (χ3v) is 2.05. The Morgan fingerprint density at radius 3 is 2.73 bits per heavy atom. The molecule has 1 aromatic rings. The molecule has 0 saturated carbocycles. The molecule has 0 aromatic carbocycles. The molecule has 0 spiro atoms. The van der Waals surface area contributed by atoms with Crippen LogP contribution >= 0.6 is 15.9 Å². The molecular formula is C8H6BrF2NO3. The fraction of sp³-hybridized carbons (Fsp3) is 0.250. The van der Waals surface area contributed by atoms with E-state index in [0.29, 0.717) is 4.47 Å². The van der Waals surface area contributed by atoms with Crippen LogP contribution in [-0.4, -0.2) is 24.7 Å². The molecule has 0 bridgehead atoms. The summed E-state index contributed by atoms with van der Waals surface area (Å²) >= 11 is 3.03. The van der Waals surface area contributed by atoms with Crippen LogP contribution in [0.4, 0.5) is 8.78 Å². The van der Waals surface area contributed by atoms with Crippen LogP contribution in [0.2, 0.25) is 0 Å². The van der Waals surface area contributed by atoms with E-state index in [-0.39, 0.29) is 11.6 Å². The summed E-state index contributed by atoms with van der Waals surface area (Å²) in [5, 5.41) is 0. The van der Waals surface area contributed by atoms with Crippen molar-refractivity contribution in [1.29, 1.82) is 0 Å². The molecular weight excluding hydrogens is 276 g/mol. The zero-order valence-corrected chi connectivity index (χ0v) is 9.12. The maximum Gasteiger partial charge on any atom is 0.388 e. The second kappa shape index (κ2) is 5.01. The maximum absolute atomic E-state index is 11.8. The highest BCUT2D eigenvalue weighted by Crippen LogP contribution is 2.20. The second-order valence-corrected chi connectivity index (χ2v) is 3.20. The summed E-state index contributed by atoms with van der Waals surface area (Å²) in [6, 6.07) is 2.58. The third kappa shape index (κ3) is 3.12. The summed E-state index contributed by atoms with van der Waals surface area (Å²) in [5.41, 5.74) is -0.115. The molecule has 0 unspecified atom stereocenters. The van der Waals surface area contributed by atoms with Crippen LogP contribution in [0.5, 0.6) is 5.88 Å². The van der Waals surface area contributed by atoms with E-state index in [0.717, 1.165) is 7.11 Å². The van der Waals surface area contributed by atoms with E-state index >= 15 is 0 Å². The van der Waals surface area contributed by atoms with Crippen molar-refractivity contribution in [3.05, 3.63) is 22.3 Å². The normalized spacial score (nSPS) is 10.2. The Balaban J connectivity index is 3.00. The lowest BCUT2D eigenvalue weighted by Crippen LogP contribution is -2.09. The summed E-state index contributed by atoms with van der Waals surface area (Å²) in [6.45, 7) is -2.98. The SMILES string of the molecule is COC(=O)c1nc(OC(F)F)ccc1Br. The van der Waals surface area contributed by atoms with Crippen molar-refractivity contribution in [2.24, 2.45) is 0 Å². The molecule has 0 radical (unpaired) electrons. The monoisotopic (exact) mass is 281 g/mol. The van der Waals surface area contributed by atoms with E-state index in [1.54, 1.807) is 0 Å². The molecule has 15 heavy (non-hydrogen) atoms. The van der Waals surface area contributed by atoms with E-state index in [1.165, 1.54) is 12.1 Å². The summed E-state index contributed by atoms with van der Waals surface area (Å²) in [7, 11) is 1.16. The average Bonchev–Trinajstić information content (AvgIpc) is 2.19. The lowest BCUT2D eigenvalue weighted by Gasteiger charge is -2.06. The standard InChI is InChI=1S/C8H6BrF2NO3/c1-14-7(13)6-4(9)2-3-5(12-6)15-8(10)11/h2-3,8H,1H3. The molecule has 1 rings (SSSR count). The Bertz CT molecular complexity index is 373. The minimum Gasteiger partial charge on any atom is -0.464 e. The van der Waals surface area contributed by atoms with Crippen molar-refractivity contribution < 1.29 is 23.0 Å². The summed E-state index contributed by atoms with van der Waals surface area (Å²) in [4.78, 5) is 14.7. The Kier molecular flexibility index (Phi) is 3.96. The minimum absolute atomic E-state index is 0.115. The largest absolute Gasteiger partial charge is 0.464 e. The Labute approximate surface area is 92.3 Å². The van der Waals surface area contributed by atoms with Gasteiger partial charge in [0.05, 0.1) is 11.6 Å². The fourth-order valence-electron chi connectivity index (χ4n) is 0.821. The molecule has 0 fully saturated rings. The molecule has 0 aliphatic rings. The molecule has 0 aliphatic carbocycles. The van der Waals surface area contributed by atoms with Gasteiger partial charge in [0.25, 0.3) is 0 Å². The van der Waals surface area contributed by atoms with E-state index in [1.807, 2.05) is 0 Å². The van der Waals surface area contributed by atoms with Gasteiger partial charge in [-0.3, -0.25) is 0 Å². The predicted octanol–water partition coefficient (Wildman–Crippen LogP) is 2.23. The molecule has 0 saturated heterocycles. The molecule has 7 heteroatoms. The average molecular weight is 282 g/mol. The van der Waals surface area contributed by atoms with Crippen molar-refractivity contribution in [3.63, 3.8) is 0 Å². The van der Waals surface area contributed by atoms with Gasteiger partial charge in [-0.15, -0.1) is 0 Å².